The van der Waals surface area contributed by atoms with Crippen LogP contribution in [0.2, 0.25) is 0 Å². The standard InChI is InChI=1S/C11H15N5O3/c12-10-9-11(14-4-13-10)16(5-15-9)8-2-1-6(18)7(3-17)19-8/h4-8,17-18H,1-3H2,(H2,12,13,14)/t6-,7+,8+/m1/s1. The van der Waals surface area contributed by atoms with Crippen LogP contribution >= 0.6 is 0 Å². The van der Waals surface area contributed by atoms with Gasteiger partial charge in [-0.1, -0.05) is 0 Å². The zero-order chi connectivity index (χ0) is 13.4. The van der Waals surface area contributed by atoms with Crippen molar-refractivity contribution in [3.63, 3.8) is 0 Å². The molecule has 1 aliphatic rings. The summed E-state index contributed by atoms with van der Waals surface area (Å²) >= 11 is 0. The first-order valence-corrected chi connectivity index (χ1v) is 6.08. The summed E-state index contributed by atoms with van der Waals surface area (Å²) in [5.74, 6) is 0.318. The zero-order valence-electron chi connectivity index (χ0n) is 10.2. The second-order valence-electron chi connectivity index (χ2n) is 4.54. The molecule has 1 saturated heterocycles. The maximum absolute atomic E-state index is 9.69. The van der Waals surface area contributed by atoms with Gasteiger partial charge in [0.15, 0.2) is 11.5 Å². The Bertz CT molecular complexity index is 587. The quantitative estimate of drug-likeness (QED) is 0.665. The molecule has 3 atom stereocenters. The van der Waals surface area contributed by atoms with Gasteiger partial charge in [0, 0.05) is 0 Å². The normalized spacial score (nSPS) is 27.8. The van der Waals surface area contributed by atoms with Crippen molar-refractivity contribution in [1.29, 1.82) is 0 Å². The van der Waals surface area contributed by atoms with Crippen molar-refractivity contribution in [2.75, 3.05) is 12.3 Å². The van der Waals surface area contributed by atoms with Crippen molar-refractivity contribution >= 4 is 17.0 Å². The van der Waals surface area contributed by atoms with Crippen molar-refractivity contribution in [2.24, 2.45) is 0 Å². The number of rotatable bonds is 2. The van der Waals surface area contributed by atoms with Crippen LogP contribution in [0.25, 0.3) is 11.2 Å². The SMILES string of the molecule is Nc1ncnc2c1ncn2[C@@H]1CC[C@@H](O)[C@H](CO)O1. The number of nitrogen functional groups attached to an aromatic ring is 1. The minimum absolute atomic E-state index is 0.221. The molecule has 0 aliphatic carbocycles. The summed E-state index contributed by atoms with van der Waals surface area (Å²) in [6.07, 6.45) is 2.58. The molecular weight excluding hydrogens is 250 g/mol. The van der Waals surface area contributed by atoms with Crippen LogP contribution < -0.4 is 5.73 Å². The molecule has 0 saturated carbocycles. The van der Waals surface area contributed by atoms with Gasteiger partial charge in [0.2, 0.25) is 0 Å². The van der Waals surface area contributed by atoms with Crippen molar-refractivity contribution in [2.45, 2.75) is 31.3 Å². The van der Waals surface area contributed by atoms with Gasteiger partial charge in [-0.05, 0) is 12.8 Å². The third kappa shape index (κ3) is 2.03. The van der Waals surface area contributed by atoms with Crippen LogP contribution in [0, 0.1) is 0 Å². The van der Waals surface area contributed by atoms with Crippen LogP contribution in [0.4, 0.5) is 5.82 Å². The third-order valence-corrected chi connectivity index (χ3v) is 3.35. The van der Waals surface area contributed by atoms with Gasteiger partial charge in [-0.3, -0.25) is 4.57 Å². The Morgan fingerprint density at radius 3 is 3.00 bits per heavy atom. The molecular formula is C11H15N5O3. The van der Waals surface area contributed by atoms with Gasteiger partial charge in [0.25, 0.3) is 0 Å². The van der Waals surface area contributed by atoms with Gasteiger partial charge in [-0.2, -0.15) is 0 Å². The maximum atomic E-state index is 9.69. The van der Waals surface area contributed by atoms with Crippen LogP contribution in [0.1, 0.15) is 19.1 Å². The predicted molar refractivity (Wildman–Crippen MR) is 66.0 cm³/mol. The Balaban J connectivity index is 1.94. The molecule has 0 bridgehead atoms. The fraction of sp³-hybridized carbons (Fsp3) is 0.545. The molecule has 8 nitrogen and oxygen atoms in total. The number of imidazole rings is 1. The lowest BCUT2D eigenvalue weighted by molar-refractivity contribution is -0.158. The van der Waals surface area contributed by atoms with E-state index in [4.69, 9.17) is 10.5 Å². The average Bonchev–Trinajstić information content (AvgIpc) is 2.85. The van der Waals surface area contributed by atoms with Gasteiger partial charge in [0.05, 0.1) is 19.0 Å². The summed E-state index contributed by atoms with van der Waals surface area (Å²) in [6.45, 7) is -0.221. The Hall–Kier alpha value is -1.77. The molecule has 2 aromatic heterocycles. The smallest absolute Gasteiger partial charge is 0.167 e. The zero-order valence-corrected chi connectivity index (χ0v) is 10.2. The van der Waals surface area contributed by atoms with Gasteiger partial charge in [-0.25, -0.2) is 15.0 Å². The van der Waals surface area contributed by atoms with Crippen molar-refractivity contribution in [3.05, 3.63) is 12.7 Å². The predicted octanol–water partition coefficient (Wildman–Crippen LogP) is -0.561. The molecule has 0 unspecified atom stereocenters. The number of fused-ring (bicyclic) bond motifs is 1. The van der Waals surface area contributed by atoms with Crippen LogP contribution in [-0.4, -0.2) is 48.5 Å². The summed E-state index contributed by atoms with van der Waals surface area (Å²) in [5, 5.41) is 18.9. The molecule has 0 spiro atoms. The van der Waals surface area contributed by atoms with Gasteiger partial charge in [-0.15, -0.1) is 0 Å². The van der Waals surface area contributed by atoms with E-state index >= 15 is 0 Å². The highest BCUT2D eigenvalue weighted by atomic mass is 16.5. The van der Waals surface area contributed by atoms with E-state index in [1.54, 1.807) is 10.9 Å². The first kappa shape index (κ1) is 12.3. The number of anilines is 1. The number of hydrogen-bond donors (Lipinski definition) is 3. The molecule has 2 aromatic rings. The largest absolute Gasteiger partial charge is 0.394 e. The van der Waals surface area contributed by atoms with E-state index in [0.29, 0.717) is 29.8 Å². The highest BCUT2D eigenvalue weighted by molar-refractivity contribution is 5.81. The molecule has 1 fully saturated rings. The first-order valence-electron chi connectivity index (χ1n) is 6.08. The second kappa shape index (κ2) is 4.72. The lowest BCUT2D eigenvalue weighted by atomic mass is 10.0. The number of ether oxygens (including phenoxy) is 1. The fourth-order valence-electron chi connectivity index (χ4n) is 2.31. The molecule has 1 aliphatic heterocycles. The topological polar surface area (TPSA) is 119 Å². The van der Waals surface area contributed by atoms with Crippen molar-refractivity contribution in [3.8, 4) is 0 Å². The third-order valence-electron chi connectivity index (χ3n) is 3.35. The number of aliphatic hydroxyl groups excluding tert-OH is 2. The van der Waals surface area contributed by atoms with Gasteiger partial charge in [0.1, 0.15) is 24.2 Å². The Labute approximate surface area is 108 Å². The van der Waals surface area contributed by atoms with Crippen LogP contribution in [0.5, 0.6) is 0 Å². The highest BCUT2D eigenvalue weighted by Gasteiger charge is 2.31. The lowest BCUT2D eigenvalue weighted by Gasteiger charge is -2.33. The van der Waals surface area contributed by atoms with Crippen molar-refractivity contribution < 1.29 is 14.9 Å². The number of nitrogens with zero attached hydrogens (tertiary/aromatic N) is 4. The maximum Gasteiger partial charge on any atom is 0.167 e. The van der Waals surface area contributed by atoms with E-state index in [0.717, 1.165) is 0 Å². The Kier molecular flexibility index (Phi) is 3.05. The molecule has 4 N–H and O–H groups in total. The van der Waals surface area contributed by atoms with E-state index in [1.165, 1.54) is 6.33 Å². The minimum atomic E-state index is -0.643. The fourth-order valence-corrected chi connectivity index (χ4v) is 2.31. The van der Waals surface area contributed by atoms with E-state index in [-0.39, 0.29) is 12.8 Å². The first-order chi connectivity index (χ1) is 9.20. The summed E-state index contributed by atoms with van der Waals surface area (Å²) in [5.41, 5.74) is 6.84. The summed E-state index contributed by atoms with van der Waals surface area (Å²) in [7, 11) is 0. The second-order valence-corrected chi connectivity index (χ2v) is 4.54. The molecule has 102 valence electrons. The highest BCUT2D eigenvalue weighted by Crippen LogP contribution is 2.29. The van der Waals surface area contributed by atoms with E-state index in [2.05, 4.69) is 15.0 Å². The molecule has 0 amide bonds. The monoisotopic (exact) mass is 265 g/mol. The van der Waals surface area contributed by atoms with E-state index in [1.807, 2.05) is 0 Å². The number of nitrogens with two attached hydrogens (primary N) is 1. The number of aliphatic hydroxyl groups is 2. The molecule has 19 heavy (non-hydrogen) atoms. The lowest BCUT2D eigenvalue weighted by Crippen LogP contribution is -2.39. The summed E-state index contributed by atoms with van der Waals surface area (Å²) in [4.78, 5) is 12.2. The van der Waals surface area contributed by atoms with E-state index < -0.39 is 12.2 Å². The van der Waals surface area contributed by atoms with Gasteiger partial charge < -0.3 is 20.7 Å². The van der Waals surface area contributed by atoms with E-state index in [9.17, 15) is 10.2 Å². The van der Waals surface area contributed by atoms with Crippen LogP contribution in [0.3, 0.4) is 0 Å². The molecule has 0 aromatic carbocycles. The minimum Gasteiger partial charge on any atom is -0.394 e. The summed E-state index contributed by atoms with van der Waals surface area (Å²) in [6, 6.07) is 0. The van der Waals surface area contributed by atoms with Crippen LogP contribution in [0.15, 0.2) is 12.7 Å². The van der Waals surface area contributed by atoms with Crippen molar-refractivity contribution in [1.82, 2.24) is 19.5 Å². The average molecular weight is 265 g/mol. The Morgan fingerprint density at radius 1 is 1.37 bits per heavy atom. The van der Waals surface area contributed by atoms with Crippen LogP contribution in [-0.2, 0) is 4.74 Å². The van der Waals surface area contributed by atoms with Gasteiger partial charge >= 0.3 is 0 Å². The number of aromatic nitrogens is 4. The molecule has 0 radical (unpaired) electrons. The Morgan fingerprint density at radius 2 is 2.21 bits per heavy atom. The molecule has 8 heteroatoms. The number of hydrogen-bond acceptors (Lipinski definition) is 7. The molecule has 3 heterocycles. The summed E-state index contributed by atoms with van der Waals surface area (Å²) < 4.78 is 7.41. The molecule has 3 rings (SSSR count).